The Labute approximate surface area is 118 Å². The van der Waals surface area contributed by atoms with E-state index in [1.54, 1.807) is 12.1 Å². The summed E-state index contributed by atoms with van der Waals surface area (Å²) in [7, 11) is -3.31. The molecule has 0 fully saturated rings. The molecule has 2 aromatic rings. The molecule has 0 atom stereocenters. The summed E-state index contributed by atoms with van der Waals surface area (Å²) in [6, 6.07) is 14.7. The Balaban J connectivity index is 1.84. The van der Waals surface area contributed by atoms with Gasteiger partial charge in [-0.2, -0.15) is 0 Å². The van der Waals surface area contributed by atoms with Crippen molar-refractivity contribution in [2.75, 3.05) is 6.61 Å². The zero-order valence-corrected chi connectivity index (χ0v) is 11.9. The van der Waals surface area contributed by atoms with E-state index in [2.05, 4.69) is 0 Å². The fourth-order valence-corrected chi connectivity index (χ4v) is 3.67. The number of aryl methyl sites for hydroxylation is 1. The van der Waals surface area contributed by atoms with Crippen LogP contribution < -0.4 is 4.74 Å². The Morgan fingerprint density at radius 2 is 1.70 bits per heavy atom. The second kappa shape index (κ2) is 4.80. The maximum Gasteiger partial charge on any atom is 0.200 e. The standard InChI is InChI=1S/C16H14O3S/c1-12-6-8-14(9-7-12)19-10-13-11-20(17,18)16-5-3-2-4-15(13)16/h2-9,11H,10H2,1H3. The first-order valence-electron chi connectivity index (χ1n) is 6.31. The Hall–Kier alpha value is -2.07. The Morgan fingerprint density at radius 1 is 1.00 bits per heavy atom. The van der Waals surface area contributed by atoms with Crippen molar-refractivity contribution in [3.8, 4) is 5.75 Å². The van der Waals surface area contributed by atoms with Crippen molar-refractivity contribution in [2.45, 2.75) is 11.8 Å². The van der Waals surface area contributed by atoms with Crippen LogP contribution in [0.3, 0.4) is 0 Å². The molecule has 0 saturated heterocycles. The highest BCUT2D eigenvalue weighted by molar-refractivity contribution is 7.95. The number of sulfone groups is 1. The quantitative estimate of drug-likeness (QED) is 0.870. The van der Waals surface area contributed by atoms with Gasteiger partial charge in [-0.25, -0.2) is 8.42 Å². The molecule has 0 spiro atoms. The van der Waals surface area contributed by atoms with Crippen molar-refractivity contribution in [2.24, 2.45) is 0 Å². The summed E-state index contributed by atoms with van der Waals surface area (Å²) in [5, 5.41) is 1.30. The van der Waals surface area contributed by atoms with Gasteiger partial charge in [0.05, 0.1) is 4.90 Å². The lowest BCUT2D eigenvalue weighted by atomic mass is 10.1. The van der Waals surface area contributed by atoms with Gasteiger partial charge in [0.25, 0.3) is 0 Å². The summed E-state index contributed by atoms with van der Waals surface area (Å²) in [4.78, 5) is 0.363. The Kier molecular flexibility index (Phi) is 3.10. The third-order valence-electron chi connectivity index (χ3n) is 3.25. The van der Waals surface area contributed by atoms with Crippen LogP contribution in [0.2, 0.25) is 0 Å². The second-order valence-corrected chi connectivity index (χ2v) is 6.55. The number of hydrogen-bond donors (Lipinski definition) is 0. The smallest absolute Gasteiger partial charge is 0.200 e. The summed E-state index contributed by atoms with van der Waals surface area (Å²) >= 11 is 0. The Bertz CT molecular complexity index is 772. The van der Waals surface area contributed by atoms with Crippen LogP contribution in [0.15, 0.2) is 58.8 Å². The molecule has 1 aliphatic heterocycles. The average molecular weight is 286 g/mol. The SMILES string of the molecule is Cc1ccc(OCC2=CS(=O)(=O)c3ccccc32)cc1. The highest BCUT2D eigenvalue weighted by atomic mass is 32.2. The molecular weight excluding hydrogens is 272 g/mol. The molecule has 0 aliphatic carbocycles. The van der Waals surface area contributed by atoms with Gasteiger partial charge in [-0.15, -0.1) is 0 Å². The number of benzene rings is 2. The second-order valence-electron chi connectivity index (χ2n) is 4.79. The van der Waals surface area contributed by atoms with E-state index in [1.165, 1.54) is 5.41 Å². The first-order chi connectivity index (χ1) is 9.56. The molecule has 3 rings (SSSR count). The molecule has 102 valence electrons. The molecule has 20 heavy (non-hydrogen) atoms. The normalized spacial score (nSPS) is 15.6. The number of ether oxygens (including phenoxy) is 1. The average Bonchev–Trinajstić information content (AvgIpc) is 2.70. The molecule has 0 unspecified atom stereocenters. The van der Waals surface area contributed by atoms with Gasteiger partial charge >= 0.3 is 0 Å². The van der Waals surface area contributed by atoms with Crippen LogP contribution in [-0.2, 0) is 9.84 Å². The van der Waals surface area contributed by atoms with Crippen LogP contribution in [0.25, 0.3) is 5.57 Å². The summed E-state index contributed by atoms with van der Waals surface area (Å²) in [5.41, 5.74) is 2.59. The van der Waals surface area contributed by atoms with E-state index in [0.29, 0.717) is 10.5 Å². The lowest BCUT2D eigenvalue weighted by molar-refractivity contribution is 0.370. The molecule has 0 saturated carbocycles. The summed E-state index contributed by atoms with van der Waals surface area (Å²) in [6.07, 6.45) is 0. The van der Waals surface area contributed by atoms with Crippen molar-refractivity contribution < 1.29 is 13.2 Å². The van der Waals surface area contributed by atoms with Crippen LogP contribution in [0.5, 0.6) is 5.75 Å². The molecule has 1 heterocycles. The van der Waals surface area contributed by atoms with Crippen molar-refractivity contribution in [3.05, 3.63) is 65.1 Å². The molecule has 1 aliphatic rings. The summed E-state index contributed by atoms with van der Waals surface area (Å²) in [5.74, 6) is 0.735. The largest absolute Gasteiger partial charge is 0.489 e. The van der Waals surface area contributed by atoms with Crippen molar-refractivity contribution >= 4 is 15.4 Å². The van der Waals surface area contributed by atoms with E-state index < -0.39 is 9.84 Å². The van der Waals surface area contributed by atoms with Gasteiger partial charge in [0.1, 0.15) is 12.4 Å². The minimum absolute atomic E-state index is 0.249. The Morgan fingerprint density at radius 3 is 2.45 bits per heavy atom. The fourth-order valence-electron chi connectivity index (χ4n) is 2.20. The molecule has 3 nitrogen and oxygen atoms in total. The molecule has 0 bridgehead atoms. The zero-order chi connectivity index (χ0) is 14.2. The third kappa shape index (κ3) is 2.34. The van der Waals surface area contributed by atoms with Crippen LogP contribution in [0.4, 0.5) is 0 Å². The van der Waals surface area contributed by atoms with Crippen LogP contribution >= 0.6 is 0 Å². The highest BCUT2D eigenvalue weighted by Gasteiger charge is 2.26. The van der Waals surface area contributed by atoms with E-state index in [1.807, 2.05) is 43.3 Å². The molecule has 0 N–H and O–H groups in total. The number of rotatable bonds is 3. The molecule has 4 heteroatoms. The van der Waals surface area contributed by atoms with Gasteiger partial charge in [0.15, 0.2) is 0 Å². The predicted molar refractivity (Wildman–Crippen MR) is 78.3 cm³/mol. The summed E-state index contributed by atoms with van der Waals surface area (Å²) < 4.78 is 29.6. The van der Waals surface area contributed by atoms with Crippen LogP contribution in [0.1, 0.15) is 11.1 Å². The van der Waals surface area contributed by atoms with Gasteiger partial charge in [0, 0.05) is 16.5 Å². The van der Waals surface area contributed by atoms with E-state index in [-0.39, 0.29) is 6.61 Å². The molecular formula is C16H14O3S. The molecule has 0 aromatic heterocycles. The van der Waals surface area contributed by atoms with Gasteiger partial charge in [-0.3, -0.25) is 0 Å². The minimum Gasteiger partial charge on any atom is -0.489 e. The minimum atomic E-state index is -3.31. The molecule has 2 aromatic carbocycles. The lowest BCUT2D eigenvalue weighted by Gasteiger charge is -2.08. The maximum absolute atomic E-state index is 12.0. The maximum atomic E-state index is 12.0. The number of hydrogen-bond acceptors (Lipinski definition) is 3. The van der Waals surface area contributed by atoms with Crippen molar-refractivity contribution in [3.63, 3.8) is 0 Å². The van der Waals surface area contributed by atoms with E-state index >= 15 is 0 Å². The van der Waals surface area contributed by atoms with Gasteiger partial charge in [-0.05, 0) is 25.1 Å². The predicted octanol–water partition coefficient (Wildman–Crippen LogP) is 3.20. The zero-order valence-electron chi connectivity index (χ0n) is 11.0. The lowest BCUT2D eigenvalue weighted by Crippen LogP contribution is -1.99. The fraction of sp³-hybridized carbons (Fsp3) is 0.125. The number of fused-ring (bicyclic) bond motifs is 1. The third-order valence-corrected chi connectivity index (χ3v) is 4.82. The van der Waals surface area contributed by atoms with E-state index in [4.69, 9.17) is 4.74 Å². The molecule has 0 radical (unpaired) electrons. The van der Waals surface area contributed by atoms with E-state index in [9.17, 15) is 8.42 Å². The topological polar surface area (TPSA) is 43.4 Å². The first kappa shape index (κ1) is 12.9. The van der Waals surface area contributed by atoms with Crippen LogP contribution in [-0.4, -0.2) is 15.0 Å². The van der Waals surface area contributed by atoms with Gasteiger partial charge < -0.3 is 4.74 Å². The first-order valence-corrected chi connectivity index (χ1v) is 7.85. The van der Waals surface area contributed by atoms with Crippen molar-refractivity contribution in [1.82, 2.24) is 0 Å². The monoisotopic (exact) mass is 286 g/mol. The van der Waals surface area contributed by atoms with Crippen LogP contribution in [0, 0.1) is 6.92 Å². The van der Waals surface area contributed by atoms with Gasteiger partial charge in [-0.1, -0.05) is 35.9 Å². The molecule has 0 amide bonds. The highest BCUT2D eigenvalue weighted by Crippen LogP contribution is 2.33. The summed E-state index contributed by atoms with van der Waals surface area (Å²) in [6.45, 7) is 2.26. The van der Waals surface area contributed by atoms with Gasteiger partial charge in [0.2, 0.25) is 9.84 Å². The van der Waals surface area contributed by atoms with E-state index in [0.717, 1.165) is 16.9 Å². The van der Waals surface area contributed by atoms with Crippen molar-refractivity contribution in [1.29, 1.82) is 0 Å².